The van der Waals surface area contributed by atoms with Crippen molar-refractivity contribution in [3.63, 3.8) is 0 Å². The maximum absolute atomic E-state index is 11.4. The van der Waals surface area contributed by atoms with E-state index >= 15 is 0 Å². The molecule has 1 amide bonds. The molecule has 6 heteroatoms. The first-order valence-electron chi connectivity index (χ1n) is 5.87. The molecule has 0 radical (unpaired) electrons. The lowest BCUT2D eigenvalue weighted by Crippen LogP contribution is -2.30. The molecule has 6 nitrogen and oxygen atoms in total. The van der Waals surface area contributed by atoms with Gasteiger partial charge in [0.15, 0.2) is 0 Å². The summed E-state index contributed by atoms with van der Waals surface area (Å²) in [5.41, 5.74) is 1.06. The molecule has 0 fully saturated rings. The Morgan fingerprint density at radius 2 is 2.11 bits per heavy atom. The van der Waals surface area contributed by atoms with Gasteiger partial charge in [-0.2, -0.15) is 0 Å². The number of nitrogens with zero attached hydrogens (tertiary/aromatic N) is 2. The van der Waals surface area contributed by atoms with Gasteiger partial charge in [-0.15, -0.1) is 10.2 Å². The van der Waals surface area contributed by atoms with Crippen molar-refractivity contribution in [1.82, 2.24) is 15.5 Å². The third-order valence-corrected chi connectivity index (χ3v) is 2.60. The zero-order chi connectivity index (χ0) is 13.7. The molecule has 1 heterocycles. The summed E-state index contributed by atoms with van der Waals surface area (Å²) in [6.45, 7) is 1.70. The van der Waals surface area contributed by atoms with Crippen LogP contribution in [-0.2, 0) is 11.2 Å². The van der Waals surface area contributed by atoms with Crippen molar-refractivity contribution in [2.24, 2.45) is 0 Å². The summed E-state index contributed by atoms with van der Waals surface area (Å²) in [6, 6.07) is 9.33. The van der Waals surface area contributed by atoms with Crippen LogP contribution in [0.25, 0.3) is 0 Å². The van der Waals surface area contributed by atoms with Gasteiger partial charge in [0.2, 0.25) is 11.8 Å². The van der Waals surface area contributed by atoms with Crippen LogP contribution >= 0.6 is 0 Å². The third-order valence-electron chi connectivity index (χ3n) is 2.60. The van der Waals surface area contributed by atoms with Crippen molar-refractivity contribution in [1.29, 1.82) is 0 Å². The second kappa shape index (κ2) is 5.99. The van der Waals surface area contributed by atoms with Gasteiger partial charge in [-0.3, -0.25) is 0 Å². The van der Waals surface area contributed by atoms with E-state index in [4.69, 9.17) is 4.42 Å². The van der Waals surface area contributed by atoms with Crippen molar-refractivity contribution in [2.75, 3.05) is 7.11 Å². The van der Waals surface area contributed by atoms with E-state index in [0.29, 0.717) is 18.2 Å². The molecule has 0 saturated carbocycles. The normalized spacial score (nSPS) is 11.9. The number of ether oxygens (including phenoxy) is 1. The van der Waals surface area contributed by atoms with Gasteiger partial charge in [0, 0.05) is 13.3 Å². The van der Waals surface area contributed by atoms with Crippen LogP contribution in [-0.4, -0.2) is 23.4 Å². The van der Waals surface area contributed by atoms with E-state index in [0.717, 1.165) is 5.56 Å². The first-order chi connectivity index (χ1) is 9.19. The van der Waals surface area contributed by atoms with Gasteiger partial charge in [-0.05, 0) is 5.56 Å². The highest BCUT2D eigenvalue weighted by Crippen LogP contribution is 2.17. The largest absolute Gasteiger partial charge is 0.453 e. The Labute approximate surface area is 110 Å². The van der Waals surface area contributed by atoms with Crippen LogP contribution in [0.4, 0.5) is 4.79 Å². The van der Waals surface area contributed by atoms with Crippen molar-refractivity contribution in [3.05, 3.63) is 47.7 Å². The summed E-state index contributed by atoms with van der Waals surface area (Å²) in [7, 11) is 1.31. The minimum atomic E-state index is -0.531. The number of hydrogen-bond donors (Lipinski definition) is 1. The molecule has 100 valence electrons. The van der Waals surface area contributed by atoms with Gasteiger partial charge < -0.3 is 14.5 Å². The zero-order valence-electron chi connectivity index (χ0n) is 10.8. The molecule has 2 aromatic rings. The summed E-state index contributed by atoms with van der Waals surface area (Å²) in [4.78, 5) is 11.4. The van der Waals surface area contributed by atoms with Gasteiger partial charge in [-0.1, -0.05) is 30.3 Å². The highest BCUT2D eigenvalue weighted by molar-refractivity contribution is 5.67. The highest BCUT2D eigenvalue weighted by atomic mass is 16.5. The average molecular weight is 261 g/mol. The van der Waals surface area contributed by atoms with Crippen LogP contribution < -0.4 is 5.32 Å². The number of carbonyl (C=O) groups excluding carboxylic acids is 1. The van der Waals surface area contributed by atoms with E-state index in [2.05, 4.69) is 20.3 Å². The van der Waals surface area contributed by atoms with Crippen LogP contribution in [0.2, 0.25) is 0 Å². The Balaban J connectivity index is 2.17. The molecule has 0 spiro atoms. The molecule has 0 aliphatic heterocycles. The van der Waals surface area contributed by atoms with Gasteiger partial charge in [-0.25, -0.2) is 4.79 Å². The molecule has 0 aliphatic rings. The number of amides is 1. The smallest absolute Gasteiger partial charge is 0.407 e. The van der Waals surface area contributed by atoms with Crippen LogP contribution in [0.1, 0.15) is 23.4 Å². The maximum atomic E-state index is 11.4. The summed E-state index contributed by atoms with van der Waals surface area (Å²) < 4.78 is 9.98. The molecule has 0 aliphatic carbocycles. The Morgan fingerprint density at radius 1 is 1.37 bits per heavy atom. The van der Waals surface area contributed by atoms with Crippen LogP contribution in [0.3, 0.4) is 0 Å². The molecule has 2 rings (SSSR count). The third kappa shape index (κ3) is 3.54. The summed E-state index contributed by atoms with van der Waals surface area (Å²) >= 11 is 0. The number of aromatic nitrogens is 2. The average Bonchev–Trinajstić information content (AvgIpc) is 2.85. The second-order valence-electron chi connectivity index (χ2n) is 4.04. The number of methoxy groups -OCH3 is 1. The minimum absolute atomic E-state index is 0.367. The van der Waals surface area contributed by atoms with Gasteiger partial charge in [0.05, 0.1) is 7.11 Å². The molecule has 1 aromatic heterocycles. The second-order valence-corrected chi connectivity index (χ2v) is 4.04. The van der Waals surface area contributed by atoms with E-state index in [1.165, 1.54) is 7.11 Å². The molecule has 0 bridgehead atoms. The Morgan fingerprint density at radius 3 is 2.68 bits per heavy atom. The fraction of sp³-hybridized carbons (Fsp3) is 0.308. The van der Waals surface area contributed by atoms with Crippen LogP contribution in [0.5, 0.6) is 0 Å². The van der Waals surface area contributed by atoms with E-state index in [1.807, 2.05) is 30.3 Å². The van der Waals surface area contributed by atoms with E-state index < -0.39 is 12.1 Å². The monoisotopic (exact) mass is 261 g/mol. The number of nitrogens with one attached hydrogen (secondary N) is 1. The highest BCUT2D eigenvalue weighted by Gasteiger charge is 2.21. The Kier molecular flexibility index (Phi) is 4.12. The van der Waals surface area contributed by atoms with Gasteiger partial charge in [0.1, 0.15) is 6.04 Å². The minimum Gasteiger partial charge on any atom is -0.453 e. The molecule has 1 atom stereocenters. The summed E-state index contributed by atoms with van der Waals surface area (Å²) in [5.74, 6) is 0.825. The number of benzene rings is 1. The zero-order valence-corrected chi connectivity index (χ0v) is 10.8. The number of hydrogen-bond acceptors (Lipinski definition) is 5. The molecule has 1 N–H and O–H groups in total. The molecule has 1 unspecified atom stereocenters. The van der Waals surface area contributed by atoms with E-state index in [9.17, 15) is 4.79 Å². The van der Waals surface area contributed by atoms with E-state index in [-0.39, 0.29) is 0 Å². The summed E-state index contributed by atoms with van der Waals surface area (Å²) in [5, 5.41) is 10.4. The van der Waals surface area contributed by atoms with E-state index in [1.54, 1.807) is 6.92 Å². The lowest BCUT2D eigenvalue weighted by atomic mass is 10.1. The fourth-order valence-electron chi connectivity index (χ4n) is 1.70. The Bertz CT molecular complexity index is 539. The maximum Gasteiger partial charge on any atom is 0.407 e. The van der Waals surface area contributed by atoms with Gasteiger partial charge in [0.25, 0.3) is 0 Å². The first-order valence-corrected chi connectivity index (χ1v) is 5.87. The fourth-order valence-corrected chi connectivity index (χ4v) is 1.70. The van der Waals surface area contributed by atoms with Crippen LogP contribution in [0.15, 0.2) is 34.7 Å². The predicted molar refractivity (Wildman–Crippen MR) is 67.5 cm³/mol. The molecule has 0 saturated heterocycles. The van der Waals surface area contributed by atoms with Crippen LogP contribution in [0, 0.1) is 6.92 Å². The number of alkyl carbamates (subject to hydrolysis) is 1. The lowest BCUT2D eigenvalue weighted by Gasteiger charge is -2.14. The first kappa shape index (κ1) is 13.1. The summed E-state index contributed by atoms with van der Waals surface area (Å²) in [6.07, 6.45) is 0.0224. The standard InChI is InChI=1S/C13H15N3O3/c1-9-15-16-12(19-9)11(14-13(17)18-2)8-10-6-4-3-5-7-10/h3-7,11H,8H2,1-2H3,(H,14,17). The molecule has 1 aromatic carbocycles. The van der Waals surface area contributed by atoms with Crippen molar-refractivity contribution in [2.45, 2.75) is 19.4 Å². The van der Waals surface area contributed by atoms with Crippen molar-refractivity contribution in [3.8, 4) is 0 Å². The predicted octanol–water partition coefficient (Wildman–Crippen LogP) is 2.02. The Hall–Kier alpha value is -2.37. The number of aryl methyl sites for hydroxylation is 1. The topological polar surface area (TPSA) is 77.2 Å². The van der Waals surface area contributed by atoms with Gasteiger partial charge >= 0.3 is 6.09 Å². The molecular formula is C13H15N3O3. The SMILES string of the molecule is COC(=O)NC(Cc1ccccc1)c1nnc(C)o1. The molecule has 19 heavy (non-hydrogen) atoms. The van der Waals surface area contributed by atoms with Crippen molar-refractivity contribution >= 4 is 6.09 Å². The van der Waals surface area contributed by atoms with Crippen molar-refractivity contribution < 1.29 is 13.9 Å². The number of rotatable bonds is 4. The number of carbonyl (C=O) groups is 1. The molecular weight excluding hydrogens is 246 g/mol. The lowest BCUT2D eigenvalue weighted by molar-refractivity contribution is 0.164. The quantitative estimate of drug-likeness (QED) is 0.911.